The molecule has 32 heavy (non-hydrogen) atoms. The molecule has 8 heteroatoms. The number of rotatable bonds is 5. The molecular weight excluding hydrogens is 408 g/mol. The summed E-state index contributed by atoms with van der Waals surface area (Å²) in [5.41, 5.74) is 2.71. The van der Waals surface area contributed by atoms with Gasteiger partial charge in [-0.15, -0.1) is 0 Å². The third-order valence-corrected chi connectivity index (χ3v) is 6.42. The molecule has 1 unspecified atom stereocenters. The number of aliphatic hydroxyl groups excluding tert-OH is 1. The smallest absolute Gasteiger partial charge is 0.317 e. The average Bonchev–Trinajstić information content (AvgIpc) is 2.83. The van der Waals surface area contributed by atoms with Gasteiger partial charge in [0, 0.05) is 58.3 Å². The molecule has 0 aromatic heterocycles. The van der Waals surface area contributed by atoms with Gasteiger partial charge in [-0.2, -0.15) is 0 Å². The quantitative estimate of drug-likeness (QED) is 0.656. The number of likely N-dealkylation sites (N-methyl/N-ethyl adjacent to an activating group) is 1. The number of hydrogen-bond donors (Lipinski definition) is 2. The van der Waals surface area contributed by atoms with Crippen LogP contribution in [0.25, 0.3) is 0 Å². The van der Waals surface area contributed by atoms with Gasteiger partial charge in [-0.05, 0) is 37.4 Å². The van der Waals surface area contributed by atoms with Crippen molar-refractivity contribution in [2.24, 2.45) is 5.92 Å². The van der Waals surface area contributed by atoms with Gasteiger partial charge in [0.25, 0.3) is 0 Å². The molecule has 4 rings (SSSR count). The Morgan fingerprint density at radius 1 is 1.16 bits per heavy atom. The van der Waals surface area contributed by atoms with Crippen molar-refractivity contribution in [2.45, 2.75) is 31.9 Å². The van der Waals surface area contributed by atoms with Crippen LogP contribution in [0, 0.1) is 5.92 Å². The minimum absolute atomic E-state index is 0.0802. The highest BCUT2D eigenvalue weighted by Gasteiger charge is 2.23. The topological polar surface area (TPSA) is 85.3 Å². The number of fused-ring (bicyclic) bond motifs is 1. The number of β-amino-alcohol motifs (C(OH)–C–C–N with tert-alkyl or cyclic N) is 1. The number of aliphatic hydroxyl groups is 1. The van der Waals surface area contributed by atoms with Gasteiger partial charge in [0.2, 0.25) is 0 Å². The zero-order valence-corrected chi connectivity index (χ0v) is 19.2. The molecule has 2 amide bonds. The normalized spacial score (nSPS) is 21.1. The summed E-state index contributed by atoms with van der Waals surface area (Å²) in [6.45, 7) is 7.82. The number of ether oxygens (including phenoxy) is 1. The fourth-order valence-electron chi connectivity index (χ4n) is 4.28. The Bertz CT molecular complexity index is 718. The second-order valence-electron chi connectivity index (χ2n) is 8.97. The van der Waals surface area contributed by atoms with Crippen LogP contribution in [0.15, 0.2) is 24.3 Å². The molecule has 1 aromatic carbocycles. The maximum atomic E-state index is 12.2. The highest BCUT2D eigenvalue weighted by molar-refractivity contribution is 5.74. The lowest BCUT2D eigenvalue weighted by molar-refractivity contribution is -0.112. The minimum atomic E-state index is -0.582. The van der Waals surface area contributed by atoms with E-state index in [1.54, 1.807) is 4.90 Å². The third-order valence-electron chi connectivity index (χ3n) is 6.42. The van der Waals surface area contributed by atoms with Crippen LogP contribution >= 0.6 is 0 Å². The summed E-state index contributed by atoms with van der Waals surface area (Å²) in [6.07, 6.45) is 2.86. The highest BCUT2D eigenvalue weighted by atomic mass is 16.5. The Morgan fingerprint density at radius 3 is 2.47 bits per heavy atom. The van der Waals surface area contributed by atoms with E-state index in [1.165, 1.54) is 11.1 Å². The summed E-state index contributed by atoms with van der Waals surface area (Å²) in [6, 6.07) is 8.27. The van der Waals surface area contributed by atoms with Gasteiger partial charge in [0.05, 0.1) is 19.3 Å². The second-order valence-corrected chi connectivity index (χ2v) is 8.97. The van der Waals surface area contributed by atoms with E-state index in [-0.39, 0.29) is 18.5 Å². The number of likely N-dealkylation sites (tertiary alicyclic amines) is 1. The number of piperidine rings is 1. The minimum Gasteiger partial charge on any atom is -0.390 e. The molecule has 0 saturated carbocycles. The van der Waals surface area contributed by atoms with Crippen molar-refractivity contribution in [3.63, 3.8) is 0 Å². The maximum Gasteiger partial charge on any atom is 0.317 e. The van der Waals surface area contributed by atoms with Crippen LogP contribution in [-0.4, -0.2) is 104 Å². The molecule has 0 bridgehead atoms. The van der Waals surface area contributed by atoms with Crippen molar-refractivity contribution in [3.05, 3.63) is 35.4 Å². The Hall–Kier alpha value is -2.00. The highest BCUT2D eigenvalue weighted by Crippen LogP contribution is 2.18. The van der Waals surface area contributed by atoms with Crippen molar-refractivity contribution in [2.75, 3.05) is 66.1 Å². The van der Waals surface area contributed by atoms with E-state index in [0.29, 0.717) is 19.6 Å². The van der Waals surface area contributed by atoms with Crippen LogP contribution in [0.2, 0.25) is 0 Å². The number of carbonyl (C=O) groups is 2. The first-order valence-electron chi connectivity index (χ1n) is 11.8. The van der Waals surface area contributed by atoms with E-state index >= 15 is 0 Å². The molecule has 0 radical (unpaired) electrons. The predicted octanol–water partition coefficient (Wildman–Crippen LogP) is 0.975. The van der Waals surface area contributed by atoms with E-state index in [9.17, 15) is 14.7 Å². The van der Waals surface area contributed by atoms with Gasteiger partial charge in [-0.1, -0.05) is 24.3 Å². The average molecular weight is 447 g/mol. The van der Waals surface area contributed by atoms with Crippen LogP contribution in [0.4, 0.5) is 4.79 Å². The monoisotopic (exact) mass is 446 g/mol. The van der Waals surface area contributed by atoms with Gasteiger partial charge in [-0.25, -0.2) is 4.79 Å². The molecule has 2 saturated heterocycles. The van der Waals surface area contributed by atoms with Crippen molar-refractivity contribution in [1.29, 1.82) is 0 Å². The molecule has 8 nitrogen and oxygen atoms in total. The molecule has 1 aromatic rings. The van der Waals surface area contributed by atoms with Gasteiger partial charge in [-0.3, -0.25) is 4.90 Å². The molecule has 178 valence electrons. The number of aldehydes is 1. The van der Waals surface area contributed by atoms with Gasteiger partial charge in [0.1, 0.15) is 6.29 Å². The van der Waals surface area contributed by atoms with Gasteiger partial charge < -0.3 is 29.8 Å². The molecule has 0 spiro atoms. The predicted molar refractivity (Wildman–Crippen MR) is 124 cm³/mol. The van der Waals surface area contributed by atoms with Crippen molar-refractivity contribution in [3.8, 4) is 0 Å². The van der Waals surface area contributed by atoms with Crippen LogP contribution in [-0.2, 0) is 22.5 Å². The Kier molecular flexibility index (Phi) is 9.92. The Labute approximate surface area is 191 Å². The zero-order chi connectivity index (χ0) is 22.8. The number of urea groups is 1. The fraction of sp³-hybridized carbons (Fsp3) is 0.667. The maximum absolute atomic E-state index is 12.2. The summed E-state index contributed by atoms with van der Waals surface area (Å²) < 4.78 is 5.10. The van der Waals surface area contributed by atoms with E-state index in [0.717, 1.165) is 64.9 Å². The van der Waals surface area contributed by atoms with E-state index in [2.05, 4.69) is 40.4 Å². The number of nitrogens with zero attached hydrogens (tertiary/aromatic N) is 3. The first-order chi connectivity index (χ1) is 15.5. The molecule has 2 fully saturated rings. The molecule has 1 atom stereocenters. The lowest BCUT2D eigenvalue weighted by Gasteiger charge is -2.32. The molecule has 2 N–H and O–H groups in total. The lowest BCUT2D eigenvalue weighted by Crippen LogP contribution is -2.48. The number of amides is 2. The number of carbonyl (C=O) groups excluding carboxylic acids is 2. The standard InChI is InChI=1S/C19H27N3O3.C5H11NO/c23-14-15-5-9-22(10-6-15)19(25)20-11-18(24)13-21-8-7-16-3-1-2-4-17(16)12-21;1-6-2-4-7-5-3-6/h1-4,14-15,18,24H,5-13H2,(H,20,25);2-5H2,1H3. The zero-order valence-electron chi connectivity index (χ0n) is 19.2. The van der Waals surface area contributed by atoms with E-state index in [4.69, 9.17) is 4.74 Å². The van der Waals surface area contributed by atoms with E-state index in [1.807, 2.05) is 6.07 Å². The number of morpholine rings is 1. The molecular formula is C24H38N4O4. The molecule has 0 aliphatic carbocycles. The largest absolute Gasteiger partial charge is 0.390 e. The number of benzene rings is 1. The van der Waals surface area contributed by atoms with E-state index < -0.39 is 6.10 Å². The first-order valence-corrected chi connectivity index (χ1v) is 11.8. The van der Waals surface area contributed by atoms with Crippen LogP contribution in [0.3, 0.4) is 0 Å². The fourth-order valence-corrected chi connectivity index (χ4v) is 4.28. The number of hydrogen-bond acceptors (Lipinski definition) is 6. The molecule has 3 aliphatic rings. The first kappa shape index (κ1) is 24.6. The molecule has 3 aliphatic heterocycles. The Morgan fingerprint density at radius 2 is 1.84 bits per heavy atom. The lowest BCUT2D eigenvalue weighted by atomic mass is 9.99. The van der Waals surface area contributed by atoms with Crippen molar-refractivity contribution in [1.82, 2.24) is 20.0 Å². The van der Waals surface area contributed by atoms with Crippen molar-refractivity contribution >= 4 is 12.3 Å². The third kappa shape index (κ3) is 7.85. The SMILES string of the molecule is CN1CCOCC1.O=CC1CCN(C(=O)NCC(O)CN2CCc3ccccc3C2)CC1. The van der Waals surface area contributed by atoms with Crippen molar-refractivity contribution < 1.29 is 19.4 Å². The summed E-state index contributed by atoms with van der Waals surface area (Å²) in [5, 5.41) is 13.1. The molecule has 3 heterocycles. The second kappa shape index (κ2) is 12.9. The van der Waals surface area contributed by atoms with Crippen LogP contribution < -0.4 is 5.32 Å². The van der Waals surface area contributed by atoms with Gasteiger partial charge >= 0.3 is 6.03 Å². The van der Waals surface area contributed by atoms with Gasteiger partial charge in [0.15, 0.2) is 0 Å². The summed E-state index contributed by atoms with van der Waals surface area (Å²) >= 11 is 0. The summed E-state index contributed by atoms with van der Waals surface area (Å²) in [5.74, 6) is 0.0802. The Balaban J connectivity index is 0.000000352. The summed E-state index contributed by atoms with van der Waals surface area (Å²) in [4.78, 5) is 29.1. The summed E-state index contributed by atoms with van der Waals surface area (Å²) in [7, 11) is 2.11. The van der Waals surface area contributed by atoms with Crippen LogP contribution in [0.1, 0.15) is 24.0 Å². The van der Waals surface area contributed by atoms with Crippen LogP contribution in [0.5, 0.6) is 0 Å². The number of nitrogens with one attached hydrogen (secondary N) is 1.